The molecule has 0 aliphatic rings. The van der Waals surface area contributed by atoms with Crippen LogP contribution in [-0.2, 0) is 14.3 Å². The highest BCUT2D eigenvalue weighted by Crippen LogP contribution is 2.04. The summed E-state index contributed by atoms with van der Waals surface area (Å²) in [7, 11) is 0. The third kappa shape index (κ3) is 9.91. The van der Waals surface area contributed by atoms with Gasteiger partial charge in [0, 0.05) is 18.2 Å². The summed E-state index contributed by atoms with van der Waals surface area (Å²) in [6, 6.07) is 0. The number of hydrogen-bond donors (Lipinski definition) is 0. The lowest BCUT2D eigenvalue weighted by molar-refractivity contribution is -0.159. The molecule has 0 amide bonds. The first-order chi connectivity index (χ1) is 7.20. The van der Waals surface area contributed by atoms with E-state index in [0.717, 1.165) is 37.4 Å². The molecule has 0 heterocycles. The highest BCUT2D eigenvalue weighted by Gasteiger charge is 2.08. The van der Waals surface area contributed by atoms with Gasteiger partial charge in [0.25, 0.3) is 0 Å². The van der Waals surface area contributed by atoms with Crippen molar-refractivity contribution in [1.82, 2.24) is 0 Å². The van der Waals surface area contributed by atoms with E-state index < -0.39 is 0 Å². The van der Waals surface area contributed by atoms with Crippen molar-refractivity contribution in [3.8, 4) is 0 Å². The Hall–Kier alpha value is -0.380. The molecule has 0 unspecified atom stereocenters. The summed E-state index contributed by atoms with van der Waals surface area (Å²) in [6.45, 7) is 2.00. The molecule has 4 heteroatoms. The fraction of sp³-hybridized carbons (Fsp3) is 0.818. The molecule has 0 aliphatic heterocycles. The number of rotatable bonds is 8. The lowest BCUT2D eigenvalue weighted by Crippen LogP contribution is -2.11. The molecular weight excluding hydrogens is 260 g/mol. The molecular formula is C11H19BrO3. The number of esters is 2. The lowest BCUT2D eigenvalue weighted by Gasteiger charge is -2.01. The Kier molecular flexibility index (Phi) is 9.89. The van der Waals surface area contributed by atoms with E-state index in [1.807, 2.05) is 6.92 Å². The zero-order valence-corrected chi connectivity index (χ0v) is 10.8. The minimum Gasteiger partial charge on any atom is -0.393 e. The molecule has 0 fully saturated rings. The Balaban J connectivity index is 3.43. The van der Waals surface area contributed by atoms with Gasteiger partial charge in [0.05, 0.1) is 0 Å². The number of alkyl halides is 1. The summed E-state index contributed by atoms with van der Waals surface area (Å²) >= 11 is 3.32. The average Bonchev–Trinajstić information content (AvgIpc) is 2.21. The van der Waals surface area contributed by atoms with Crippen LogP contribution in [0.25, 0.3) is 0 Å². The van der Waals surface area contributed by atoms with E-state index in [1.165, 1.54) is 0 Å². The van der Waals surface area contributed by atoms with E-state index in [4.69, 9.17) is 0 Å². The molecule has 3 nitrogen and oxygen atoms in total. The maximum atomic E-state index is 11.1. The molecule has 0 saturated heterocycles. The van der Waals surface area contributed by atoms with Crippen molar-refractivity contribution in [2.45, 2.75) is 51.9 Å². The van der Waals surface area contributed by atoms with Gasteiger partial charge in [-0.3, -0.25) is 9.59 Å². The van der Waals surface area contributed by atoms with Crippen LogP contribution in [0.5, 0.6) is 0 Å². The number of halogens is 1. The van der Waals surface area contributed by atoms with Gasteiger partial charge in [0.2, 0.25) is 0 Å². The van der Waals surface area contributed by atoms with Gasteiger partial charge in [-0.25, -0.2) is 0 Å². The fourth-order valence-electron chi connectivity index (χ4n) is 1.09. The molecule has 0 aromatic heterocycles. The van der Waals surface area contributed by atoms with Crippen molar-refractivity contribution >= 4 is 27.9 Å². The first-order valence-corrected chi connectivity index (χ1v) is 6.62. The van der Waals surface area contributed by atoms with Crippen molar-refractivity contribution in [2.75, 3.05) is 5.33 Å². The van der Waals surface area contributed by atoms with Gasteiger partial charge < -0.3 is 4.74 Å². The molecule has 15 heavy (non-hydrogen) atoms. The molecule has 0 radical (unpaired) electrons. The lowest BCUT2D eigenvalue weighted by atomic mass is 10.2. The van der Waals surface area contributed by atoms with Crippen molar-refractivity contribution in [3.63, 3.8) is 0 Å². The van der Waals surface area contributed by atoms with Crippen molar-refractivity contribution < 1.29 is 14.3 Å². The van der Waals surface area contributed by atoms with Crippen molar-refractivity contribution in [1.29, 1.82) is 0 Å². The SMILES string of the molecule is CCCCC(=O)OC(=O)CCCCCBr. The number of carbonyl (C=O) groups excluding carboxylic acids is 2. The molecule has 0 aliphatic carbocycles. The number of unbranched alkanes of at least 4 members (excludes halogenated alkanes) is 3. The molecule has 0 bridgehead atoms. The monoisotopic (exact) mass is 278 g/mol. The average molecular weight is 279 g/mol. The molecule has 0 rings (SSSR count). The third-order valence-corrected chi connectivity index (χ3v) is 2.54. The van der Waals surface area contributed by atoms with E-state index >= 15 is 0 Å². The second-order valence-electron chi connectivity index (χ2n) is 3.45. The van der Waals surface area contributed by atoms with Crippen LogP contribution in [0, 0.1) is 0 Å². The van der Waals surface area contributed by atoms with E-state index in [9.17, 15) is 9.59 Å². The summed E-state index contributed by atoms with van der Waals surface area (Å²) < 4.78 is 4.64. The first kappa shape index (κ1) is 14.6. The maximum absolute atomic E-state index is 11.1. The van der Waals surface area contributed by atoms with Crippen molar-refractivity contribution in [3.05, 3.63) is 0 Å². The van der Waals surface area contributed by atoms with Gasteiger partial charge in [0.1, 0.15) is 0 Å². The highest BCUT2D eigenvalue weighted by atomic mass is 79.9. The predicted molar refractivity (Wildman–Crippen MR) is 62.9 cm³/mol. The molecule has 0 spiro atoms. The smallest absolute Gasteiger partial charge is 0.313 e. The summed E-state index contributed by atoms with van der Waals surface area (Å²) in [5, 5.41) is 0.956. The van der Waals surface area contributed by atoms with Crippen LogP contribution in [0.4, 0.5) is 0 Å². The molecule has 0 aromatic carbocycles. The molecule has 0 atom stereocenters. The summed E-state index contributed by atoms with van der Waals surface area (Å²) in [6.07, 6.45) is 5.27. The van der Waals surface area contributed by atoms with Crippen LogP contribution in [0.1, 0.15) is 51.9 Å². The van der Waals surface area contributed by atoms with Gasteiger partial charge in [-0.05, 0) is 19.3 Å². The molecule has 0 aromatic rings. The summed E-state index contributed by atoms with van der Waals surface area (Å²) in [5.41, 5.74) is 0. The minimum atomic E-state index is -0.387. The molecule has 0 saturated carbocycles. The number of carbonyl (C=O) groups is 2. The predicted octanol–water partition coefficient (Wildman–Crippen LogP) is 3.20. The van der Waals surface area contributed by atoms with E-state index in [2.05, 4.69) is 20.7 Å². The largest absolute Gasteiger partial charge is 0.393 e. The fourth-order valence-corrected chi connectivity index (χ4v) is 1.49. The van der Waals surface area contributed by atoms with Crippen LogP contribution in [0.2, 0.25) is 0 Å². The normalized spacial score (nSPS) is 10.0. The Morgan fingerprint density at radius 1 is 1.00 bits per heavy atom. The van der Waals surface area contributed by atoms with Gasteiger partial charge in [-0.2, -0.15) is 0 Å². The van der Waals surface area contributed by atoms with Crippen LogP contribution in [0.3, 0.4) is 0 Å². The highest BCUT2D eigenvalue weighted by molar-refractivity contribution is 9.09. The first-order valence-electron chi connectivity index (χ1n) is 5.50. The summed E-state index contributed by atoms with van der Waals surface area (Å²) in [4.78, 5) is 22.2. The Morgan fingerprint density at radius 3 is 2.13 bits per heavy atom. The quantitative estimate of drug-likeness (QED) is 0.296. The zero-order valence-electron chi connectivity index (χ0n) is 9.26. The van der Waals surface area contributed by atoms with Gasteiger partial charge in [-0.15, -0.1) is 0 Å². The van der Waals surface area contributed by atoms with Gasteiger partial charge >= 0.3 is 11.9 Å². The van der Waals surface area contributed by atoms with Crippen LogP contribution >= 0.6 is 15.9 Å². The second kappa shape index (κ2) is 10.1. The van der Waals surface area contributed by atoms with E-state index in [0.29, 0.717) is 12.8 Å². The van der Waals surface area contributed by atoms with Crippen LogP contribution < -0.4 is 0 Å². The zero-order chi connectivity index (χ0) is 11.5. The van der Waals surface area contributed by atoms with E-state index in [-0.39, 0.29) is 11.9 Å². The van der Waals surface area contributed by atoms with Gasteiger partial charge in [0.15, 0.2) is 0 Å². The van der Waals surface area contributed by atoms with Crippen LogP contribution in [-0.4, -0.2) is 17.3 Å². The van der Waals surface area contributed by atoms with Crippen molar-refractivity contribution in [2.24, 2.45) is 0 Å². The summed E-state index contributed by atoms with van der Waals surface area (Å²) in [5.74, 6) is -0.770. The third-order valence-electron chi connectivity index (χ3n) is 1.98. The minimum absolute atomic E-state index is 0.351. The Labute approximate surface area is 99.7 Å². The molecule has 0 N–H and O–H groups in total. The van der Waals surface area contributed by atoms with Gasteiger partial charge in [-0.1, -0.05) is 35.7 Å². The number of hydrogen-bond acceptors (Lipinski definition) is 3. The number of ether oxygens (including phenoxy) is 1. The maximum Gasteiger partial charge on any atom is 0.313 e. The van der Waals surface area contributed by atoms with Crippen LogP contribution in [0.15, 0.2) is 0 Å². The standard InChI is InChI=1S/C11H19BrO3/c1-2-3-7-10(13)15-11(14)8-5-4-6-9-12/h2-9H2,1H3. The Morgan fingerprint density at radius 2 is 1.60 bits per heavy atom. The van der Waals surface area contributed by atoms with E-state index in [1.54, 1.807) is 0 Å². The second-order valence-corrected chi connectivity index (χ2v) is 4.24. The Bertz CT molecular complexity index is 192. The molecule has 88 valence electrons. The topological polar surface area (TPSA) is 43.4 Å².